The van der Waals surface area contributed by atoms with Gasteiger partial charge in [-0.2, -0.15) is 0 Å². The molecule has 0 amide bonds. The molecule has 0 bridgehead atoms. The van der Waals surface area contributed by atoms with Crippen LogP contribution in [0.4, 0.5) is 0 Å². The summed E-state index contributed by atoms with van der Waals surface area (Å²) in [6, 6.07) is 6.46. The van der Waals surface area contributed by atoms with Crippen LogP contribution in [-0.2, 0) is 9.47 Å². The molecule has 0 radical (unpaired) electrons. The molecule has 0 aliphatic carbocycles. The van der Waals surface area contributed by atoms with E-state index in [1.54, 1.807) is 12.1 Å². The molecule has 1 fully saturated rings. The van der Waals surface area contributed by atoms with E-state index in [-0.39, 0.29) is 11.7 Å². The van der Waals surface area contributed by atoms with Crippen molar-refractivity contribution in [1.82, 2.24) is 0 Å². The third kappa shape index (κ3) is 3.72. The second kappa shape index (κ2) is 6.37. The van der Waals surface area contributed by atoms with Crippen LogP contribution in [0.25, 0.3) is 0 Å². The average molecular weight is 252 g/mol. The molecule has 98 valence electrons. The second-order valence-electron chi connectivity index (χ2n) is 4.07. The SMILES string of the molecule is O=C(O)c1cccc(OCCCOC2COC2)c1. The number of aromatic carboxylic acids is 1. The highest BCUT2D eigenvalue weighted by Crippen LogP contribution is 2.13. The number of hydrogen-bond donors (Lipinski definition) is 1. The largest absolute Gasteiger partial charge is 0.493 e. The van der Waals surface area contributed by atoms with E-state index in [9.17, 15) is 4.79 Å². The summed E-state index contributed by atoms with van der Waals surface area (Å²) in [6.07, 6.45) is 1.01. The van der Waals surface area contributed by atoms with Crippen LogP contribution in [0.2, 0.25) is 0 Å². The Kier molecular flexibility index (Phi) is 4.55. The highest BCUT2D eigenvalue weighted by Gasteiger charge is 2.17. The Hall–Kier alpha value is -1.59. The van der Waals surface area contributed by atoms with E-state index >= 15 is 0 Å². The van der Waals surface area contributed by atoms with E-state index in [2.05, 4.69) is 0 Å². The summed E-state index contributed by atoms with van der Waals surface area (Å²) in [4.78, 5) is 10.8. The second-order valence-corrected chi connectivity index (χ2v) is 4.07. The van der Waals surface area contributed by atoms with Crippen LogP contribution in [0.5, 0.6) is 5.75 Å². The summed E-state index contributed by atoms with van der Waals surface area (Å²) >= 11 is 0. The number of hydrogen-bond acceptors (Lipinski definition) is 4. The zero-order valence-electron chi connectivity index (χ0n) is 10.0. The highest BCUT2D eigenvalue weighted by atomic mass is 16.6. The van der Waals surface area contributed by atoms with Crippen molar-refractivity contribution in [2.24, 2.45) is 0 Å². The highest BCUT2D eigenvalue weighted by molar-refractivity contribution is 5.87. The fraction of sp³-hybridized carbons (Fsp3) is 0.462. The summed E-state index contributed by atoms with van der Waals surface area (Å²) in [5.74, 6) is -0.379. The molecule has 1 N–H and O–H groups in total. The lowest BCUT2D eigenvalue weighted by molar-refractivity contribution is -0.130. The predicted octanol–water partition coefficient (Wildman–Crippen LogP) is 1.57. The van der Waals surface area contributed by atoms with Crippen LogP contribution in [0, 0.1) is 0 Å². The minimum atomic E-state index is -0.950. The quantitative estimate of drug-likeness (QED) is 0.746. The number of carboxylic acids is 1. The van der Waals surface area contributed by atoms with Crippen molar-refractivity contribution in [3.63, 3.8) is 0 Å². The van der Waals surface area contributed by atoms with Gasteiger partial charge < -0.3 is 19.3 Å². The van der Waals surface area contributed by atoms with Gasteiger partial charge in [0.2, 0.25) is 0 Å². The van der Waals surface area contributed by atoms with Gasteiger partial charge in [-0.25, -0.2) is 4.79 Å². The molecule has 1 aromatic carbocycles. The standard InChI is InChI=1S/C13H16O5/c14-13(15)10-3-1-4-11(7-10)17-5-2-6-18-12-8-16-9-12/h1,3-4,7,12H,2,5-6,8-9H2,(H,14,15). The van der Waals surface area contributed by atoms with E-state index in [0.29, 0.717) is 32.2 Å². The molecule has 1 saturated heterocycles. The first kappa shape index (κ1) is 12.9. The molecule has 5 heteroatoms. The maximum atomic E-state index is 10.8. The average Bonchev–Trinajstić information content (AvgIpc) is 2.31. The molecule has 0 spiro atoms. The van der Waals surface area contributed by atoms with Gasteiger partial charge in [-0.1, -0.05) is 6.07 Å². The van der Waals surface area contributed by atoms with Crippen molar-refractivity contribution < 1.29 is 24.1 Å². The molecule has 0 atom stereocenters. The maximum Gasteiger partial charge on any atom is 0.335 e. The fourth-order valence-corrected chi connectivity index (χ4v) is 1.53. The van der Waals surface area contributed by atoms with Gasteiger partial charge in [-0.3, -0.25) is 0 Å². The van der Waals surface area contributed by atoms with Crippen LogP contribution in [0.3, 0.4) is 0 Å². The normalized spacial score (nSPS) is 15.1. The van der Waals surface area contributed by atoms with E-state index in [1.165, 1.54) is 12.1 Å². The summed E-state index contributed by atoms with van der Waals surface area (Å²) in [6.45, 7) is 2.51. The number of carboxylic acid groups (broad SMARTS) is 1. The zero-order chi connectivity index (χ0) is 12.8. The molecule has 1 aromatic rings. The van der Waals surface area contributed by atoms with Gasteiger partial charge in [0.1, 0.15) is 11.9 Å². The van der Waals surface area contributed by atoms with Crippen LogP contribution in [-0.4, -0.2) is 43.6 Å². The molecule has 0 unspecified atom stereocenters. The number of benzene rings is 1. The summed E-state index contributed by atoms with van der Waals surface area (Å²) < 4.78 is 15.9. The first-order valence-corrected chi connectivity index (χ1v) is 5.91. The molecule has 0 aromatic heterocycles. The Bertz CT molecular complexity index is 400. The van der Waals surface area contributed by atoms with Crippen LogP contribution < -0.4 is 4.74 Å². The third-order valence-corrected chi connectivity index (χ3v) is 2.60. The lowest BCUT2D eigenvalue weighted by Gasteiger charge is -2.25. The molecule has 1 aliphatic heterocycles. The monoisotopic (exact) mass is 252 g/mol. The van der Waals surface area contributed by atoms with Gasteiger partial charge in [0.25, 0.3) is 0 Å². The third-order valence-electron chi connectivity index (χ3n) is 2.60. The maximum absolute atomic E-state index is 10.8. The van der Waals surface area contributed by atoms with Gasteiger partial charge in [0, 0.05) is 6.42 Å². The fourth-order valence-electron chi connectivity index (χ4n) is 1.53. The lowest BCUT2D eigenvalue weighted by atomic mass is 10.2. The van der Waals surface area contributed by atoms with Gasteiger partial charge in [0.15, 0.2) is 0 Å². The Morgan fingerprint density at radius 3 is 2.89 bits per heavy atom. The van der Waals surface area contributed by atoms with E-state index < -0.39 is 5.97 Å². The summed E-state index contributed by atoms with van der Waals surface area (Å²) in [5.41, 5.74) is 0.232. The first-order chi connectivity index (χ1) is 8.75. The summed E-state index contributed by atoms with van der Waals surface area (Å²) in [5, 5.41) is 8.83. The van der Waals surface area contributed by atoms with Gasteiger partial charge in [0.05, 0.1) is 32.0 Å². The van der Waals surface area contributed by atoms with Crippen molar-refractivity contribution in [3.8, 4) is 5.75 Å². The smallest absolute Gasteiger partial charge is 0.335 e. The van der Waals surface area contributed by atoms with Gasteiger partial charge >= 0.3 is 5.97 Å². The Balaban J connectivity index is 1.66. The van der Waals surface area contributed by atoms with Crippen molar-refractivity contribution in [2.45, 2.75) is 12.5 Å². The molecule has 18 heavy (non-hydrogen) atoms. The Morgan fingerprint density at radius 1 is 1.39 bits per heavy atom. The number of rotatable bonds is 7. The van der Waals surface area contributed by atoms with E-state index in [4.69, 9.17) is 19.3 Å². The van der Waals surface area contributed by atoms with Crippen molar-refractivity contribution in [3.05, 3.63) is 29.8 Å². The van der Waals surface area contributed by atoms with Crippen LogP contribution in [0.15, 0.2) is 24.3 Å². The summed E-state index contributed by atoms with van der Waals surface area (Å²) in [7, 11) is 0. The number of ether oxygens (including phenoxy) is 3. The van der Waals surface area contributed by atoms with Crippen LogP contribution in [0.1, 0.15) is 16.8 Å². The predicted molar refractivity (Wildman–Crippen MR) is 64.1 cm³/mol. The molecule has 2 rings (SSSR count). The first-order valence-electron chi connectivity index (χ1n) is 5.91. The Labute approximate surface area is 105 Å². The van der Waals surface area contributed by atoms with Crippen molar-refractivity contribution >= 4 is 5.97 Å². The van der Waals surface area contributed by atoms with Crippen molar-refractivity contribution in [1.29, 1.82) is 0 Å². The van der Waals surface area contributed by atoms with Gasteiger partial charge in [-0.05, 0) is 18.2 Å². The number of carbonyl (C=O) groups is 1. The molecule has 1 heterocycles. The van der Waals surface area contributed by atoms with E-state index in [1.807, 2.05) is 0 Å². The molecule has 0 saturated carbocycles. The van der Waals surface area contributed by atoms with E-state index in [0.717, 1.165) is 6.42 Å². The van der Waals surface area contributed by atoms with Crippen molar-refractivity contribution in [2.75, 3.05) is 26.4 Å². The molecule has 5 nitrogen and oxygen atoms in total. The molecule has 1 aliphatic rings. The topological polar surface area (TPSA) is 65.0 Å². The van der Waals surface area contributed by atoms with Crippen LogP contribution >= 0.6 is 0 Å². The molecular formula is C13H16O5. The molecular weight excluding hydrogens is 236 g/mol. The lowest BCUT2D eigenvalue weighted by Crippen LogP contribution is -2.36. The van der Waals surface area contributed by atoms with Gasteiger partial charge in [-0.15, -0.1) is 0 Å². The minimum absolute atomic E-state index is 0.232. The zero-order valence-corrected chi connectivity index (χ0v) is 10.0. The Morgan fingerprint density at radius 2 is 2.22 bits per heavy atom. The minimum Gasteiger partial charge on any atom is -0.493 e.